The maximum Gasteiger partial charge on any atom is 0.289 e. The number of rotatable bonds is 4. The summed E-state index contributed by atoms with van der Waals surface area (Å²) >= 11 is 1.74. The third-order valence-corrected chi connectivity index (χ3v) is 6.59. The van der Waals surface area contributed by atoms with Gasteiger partial charge in [0.05, 0.1) is 11.2 Å². The van der Waals surface area contributed by atoms with Crippen LogP contribution in [0.15, 0.2) is 5.51 Å². The maximum absolute atomic E-state index is 12.4. The predicted molar refractivity (Wildman–Crippen MR) is 93.3 cm³/mol. The molecule has 0 unspecified atom stereocenters. The molecule has 25 heavy (non-hydrogen) atoms. The van der Waals surface area contributed by atoms with Crippen molar-refractivity contribution in [2.45, 2.75) is 45.3 Å². The van der Waals surface area contributed by atoms with E-state index in [0.29, 0.717) is 23.7 Å². The summed E-state index contributed by atoms with van der Waals surface area (Å²) in [5.74, 6) is 2.60. The number of likely N-dealkylation sites (tertiary alicyclic amines) is 1. The second-order valence-corrected chi connectivity index (χ2v) is 8.52. The van der Waals surface area contributed by atoms with Gasteiger partial charge in [-0.15, -0.1) is 21.5 Å². The van der Waals surface area contributed by atoms with E-state index in [1.807, 2.05) is 5.51 Å². The van der Waals surface area contributed by atoms with Gasteiger partial charge in [-0.25, -0.2) is 4.98 Å². The summed E-state index contributed by atoms with van der Waals surface area (Å²) < 4.78 is 2.06. The van der Waals surface area contributed by atoms with Crippen LogP contribution in [0.3, 0.4) is 0 Å². The first-order chi connectivity index (χ1) is 12.2. The third kappa shape index (κ3) is 2.87. The van der Waals surface area contributed by atoms with Crippen LogP contribution in [-0.2, 0) is 19.5 Å². The zero-order valence-corrected chi connectivity index (χ0v) is 15.1. The molecular formula is C17H22N6OS. The molecule has 1 N–H and O–H groups in total. The highest BCUT2D eigenvalue weighted by atomic mass is 32.1. The lowest BCUT2D eigenvalue weighted by molar-refractivity contribution is 0.0932. The summed E-state index contributed by atoms with van der Waals surface area (Å²) in [7, 11) is 0. The van der Waals surface area contributed by atoms with Gasteiger partial charge < -0.3 is 9.88 Å². The van der Waals surface area contributed by atoms with Gasteiger partial charge in [-0.1, -0.05) is 0 Å². The van der Waals surface area contributed by atoms with Gasteiger partial charge in [0.2, 0.25) is 5.82 Å². The highest BCUT2D eigenvalue weighted by molar-refractivity contribution is 7.09. The topological polar surface area (TPSA) is 75.9 Å². The maximum atomic E-state index is 12.4. The molecule has 5 rings (SSSR count). The van der Waals surface area contributed by atoms with E-state index in [4.69, 9.17) is 0 Å². The van der Waals surface area contributed by atoms with Crippen LogP contribution in [0.25, 0.3) is 0 Å². The Morgan fingerprint density at radius 3 is 2.88 bits per heavy atom. The summed E-state index contributed by atoms with van der Waals surface area (Å²) in [6.45, 7) is 6.10. The molecule has 2 aliphatic heterocycles. The zero-order valence-electron chi connectivity index (χ0n) is 14.3. The number of thiazole rings is 1. The molecule has 0 aromatic carbocycles. The molecule has 1 saturated heterocycles. The fourth-order valence-electron chi connectivity index (χ4n) is 4.08. The average Bonchev–Trinajstić information content (AvgIpc) is 2.99. The van der Waals surface area contributed by atoms with Crippen molar-refractivity contribution >= 4 is 17.2 Å². The van der Waals surface area contributed by atoms with Crippen molar-refractivity contribution < 1.29 is 4.79 Å². The van der Waals surface area contributed by atoms with Crippen molar-refractivity contribution in [3.63, 3.8) is 0 Å². The van der Waals surface area contributed by atoms with Crippen LogP contribution in [0, 0.1) is 18.8 Å². The fraction of sp³-hybridized carbons (Fsp3) is 0.647. The third-order valence-electron chi connectivity index (χ3n) is 5.67. The van der Waals surface area contributed by atoms with Crippen LogP contribution in [0.5, 0.6) is 0 Å². The van der Waals surface area contributed by atoms with E-state index in [9.17, 15) is 4.79 Å². The first-order valence-corrected chi connectivity index (χ1v) is 9.89. The molecule has 3 aliphatic rings. The second kappa shape index (κ2) is 5.88. The second-order valence-electron chi connectivity index (χ2n) is 7.58. The van der Waals surface area contributed by atoms with Crippen molar-refractivity contribution in [3.8, 4) is 0 Å². The van der Waals surface area contributed by atoms with E-state index in [-0.39, 0.29) is 5.91 Å². The van der Waals surface area contributed by atoms with Gasteiger partial charge in [-0.2, -0.15) is 0 Å². The molecule has 7 nitrogen and oxygen atoms in total. The molecule has 1 amide bonds. The van der Waals surface area contributed by atoms with Crippen molar-refractivity contribution in [3.05, 3.63) is 27.7 Å². The molecule has 4 heterocycles. The number of hydrogen-bond acceptors (Lipinski definition) is 6. The number of carbonyl (C=O) groups is 1. The molecule has 2 aromatic heterocycles. The van der Waals surface area contributed by atoms with Crippen molar-refractivity contribution in [2.24, 2.45) is 11.8 Å². The first-order valence-electron chi connectivity index (χ1n) is 9.01. The first kappa shape index (κ1) is 15.5. The molecule has 2 atom stereocenters. The largest absolute Gasteiger partial charge is 0.347 e. The Labute approximate surface area is 150 Å². The standard InChI is InChI=1S/C17H22N6OS/c1-10-14(25-9-18-10)8-22-5-11-4-15-20-21-16(17(24)19-13-2-3-13)23(15)7-12(11)6-22/h9,11-13H,2-8H2,1H3,(H,19,24)/t11-,12-/m0/s1. The molecule has 2 fully saturated rings. The zero-order chi connectivity index (χ0) is 17.0. The predicted octanol–water partition coefficient (Wildman–Crippen LogP) is 1.24. The summed E-state index contributed by atoms with van der Waals surface area (Å²) in [4.78, 5) is 20.6. The normalized spacial score (nSPS) is 25.6. The lowest BCUT2D eigenvalue weighted by Gasteiger charge is -2.25. The van der Waals surface area contributed by atoms with E-state index in [2.05, 4.69) is 36.9 Å². The lowest BCUT2D eigenvalue weighted by atomic mass is 9.89. The molecule has 0 bridgehead atoms. The highest BCUT2D eigenvalue weighted by Crippen LogP contribution is 2.34. The van der Waals surface area contributed by atoms with Crippen LogP contribution >= 0.6 is 11.3 Å². The van der Waals surface area contributed by atoms with E-state index in [0.717, 1.165) is 57.0 Å². The molecule has 1 saturated carbocycles. The van der Waals surface area contributed by atoms with E-state index in [1.165, 1.54) is 4.88 Å². The van der Waals surface area contributed by atoms with Crippen LogP contribution in [0.4, 0.5) is 0 Å². The Kier molecular flexibility index (Phi) is 3.63. The number of aromatic nitrogens is 4. The Bertz CT molecular complexity index is 810. The van der Waals surface area contributed by atoms with E-state index < -0.39 is 0 Å². The van der Waals surface area contributed by atoms with Gasteiger partial charge >= 0.3 is 0 Å². The SMILES string of the molecule is Cc1ncsc1CN1C[C@@H]2Cc3nnc(C(=O)NC4CC4)n3C[C@@H]2C1. The monoisotopic (exact) mass is 358 g/mol. The molecule has 1 aliphatic carbocycles. The molecular weight excluding hydrogens is 336 g/mol. The van der Waals surface area contributed by atoms with Gasteiger partial charge in [0.25, 0.3) is 5.91 Å². The average molecular weight is 358 g/mol. The van der Waals surface area contributed by atoms with Crippen molar-refractivity contribution in [1.82, 2.24) is 30.0 Å². The van der Waals surface area contributed by atoms with Gasteiger partial charge in [0.1, 0.15) is 5.82 Å². The summed E-state index contributed by atoms with van der Waals surface area (Å²) in [5, 5.41) is 11.5. The number of nitrogens with one attached hydrogen (secondary N) is 1. The quantitative estimate of drug-likeness (QED) is 0.890. The fourth-order valence-corrected chi connectivity index (χ4v) is 4.90. The Hall–Kier alpha value is -1.80. The number of carbonyl (C=O) groups excluding carboxylic acids is 1. The summed E-state index contributed by atoms with van der Waals surface area (Å²) in [6, 6.07) is 0.349. The highest BCUT2D eigenvalue weighted by Gasteiger charge is 2.39. The lowest BCUT2D eigenvalue weighted by Crippen LogP contribution is -2.33. The Balaban J connectivity index is 1.29. The summed E-state index contributed by atoms with van der Waals surface area (Å²) in [5.41, 5.74) is 3.08. The van der Waals surface area contributed by atoms with Crippen molar-refractivity contribution in [1.29, 1.82) is 0 Å². The van der Waals surface area contributed by atoms with Crippen molar-refractivity contribution in [2.75, 3.05) is 13.1 Å². The molecule has 2 aromatic rings. The van der Waals surface area contributed by atoms with Gasteiger partial charge in [-0.05, 0) is 31.6 Å². The number of fused-ring (bicyclic) bond motifs is 2. The van der Waals surface area contributed by atoms with Gasteiger partial charge in [-0.3, -0.25) is 9.69 Å². The number of hydrogen-bond donors (Lipinski definition) is 1. The molecule has 132 valence electrons. The molecule has 0 radical (unpaired) electrons. The van der Waals surface area contributed by atoms with Crippen LogP contribution in [0.2, 0.25) is 0 Å². The number of aryl methyl sites for hydroxylation is 1. The minimum atomic E-state index is -0.0603. The molecule has 0 spiro atoms. The van der Waals surface area contributed by atoms with Gasteiger partial charge in [0, 0.05) is 43.5 Å². The number of nitrogens with zero attached hydrogens (tertiary/aromatic N) is 5. The van der Waals surface area contributed by atoms with Crippen LogP contribution in [0.1, 0.15) is 39.9 Å². The van der Waals surface area contributed by atoms with E-state index in [1.54, 1.807) is 11.3 Å². The smallest absolute Gasteiger partial charge is 0.289 e. The Morgan fingerprint density at radius 1 is 1.28 bits per heavy atom. The summed E-state index contributed by atoms with van der Waals surface area (Å²) in [6.07, 6.45) is 3.10. The van der Waals surface area contributed by atoms with Crippen LogP contribution < -0.4 is 5.32 Å². The van der Waals surface area contributed by atoms with Crippen LogP contribution in [-0.4, -0.2) is 49.7 Å². The Morgan fingerprint density at radius 2 is 2.12 bits per heavy atom. The van der Waals surface area contributed by atoms with E-state index >= 15 is 0 Å². The van der Waals surface area contributed by atoms with Gasteiger partial charge in [0.15, 0.2) is 0 Å². The minimum absolute atomic E-state index is 0.0603. The number of amides is 1. The molecule has 8 heteroatoms. The minimum Gasteiger partial charge on any atom is -0.347 e.